The SMILES string of the molecule is CC(C)NCCCCC(NC(=O)C1CCC(=O)NC(Cc2ccccc2)C(=O)NC(Cc2ccc(O)cc2)C(=O)NC(CCCCNC(C)C)C(=O)N[C@H](CCCNC(=N)N)C(=O)NC(Cc2ccc3ccccc3c2)C(=O)NCC(=O)N1)C(=O)NC(CCCCNC(=O)CN1CCC(NC(=O)CN2CCN(CC(=O)O)CCN(CC(=O)O)CCN(CC(=O)O)CC2)CC1)C(N)=O. The number of piperidine rings is 1. The zero-order valence-corrected chi connectivity index (χ0v) is 76.3. The molecule has 3 fully saturated rings. The Labute approximate surface area is 770 Å². The third-order valence-electron chi connectivity index (χ3n) is 23.0. The number of benzene rings is 4. The number of guanidine groups is 1. The van der Waals surface area contributed by atoms with Crippen molar-refractivity contribution in [2.24, 2.45) is 11.5 Å². The summed E-state index contributed by atoms with van der Waals surface area (Å²) in [5.41, 5.74) is 13.2. The Kier molecular flexibility index (Phi) is 46.5. The standard InChI is InChI=1S/C91H138N22O19/c1-59(2)95-35-13-11-22-69(85(127)103-68(83(92)125)21-10-15-37-97-78(117)54-109-39-33-66(34-40-109)100-79(118)55-110-41-43-111(56-80(119)120)45-47-113(58-82(123)124)48-46-112(44-42-110)57-81(121)122)104-88(130)72-31-32-76(115)102-74(50-61-17-6-5-7-18-61)89(131)108-75(51-62-26-29-67(114)30-27-62)90(132)106-70(23-12-14-36-96-60(3)4)86(128)105-71(24-16-38-98-91(93)94)87(129)107-73(84(126)99-53-77(116)101-72)52-63-25-28-64-19-8-9-20-65(64)49-63/h5-9,17-20,25-30,49,59-60,66,68-75,95-96,114H,10-16,21-24,31-48,50-58H2,1-4H3,(H2,92,125)(H,97,117)(H,99,126)(H,100,118)(H,101,116)(H,102,115)(H,103,127)(H,104,130)(H,105,128)(H,106,132)(H,107,129)(H,108,131)(H,119,120)(H,121,122)(H,123,124)(H4,93,94,98)/t68?,69?,70?,71-,72?,73?,74?,75?/m1/s1. The van der Waals surface area contributed by atoms with E-state index < -0.39 is 145 Å². The normalized spacial score (nSPS) is 20.1. The second-order valence-corrected chi connectivity index (χ2v) is 34.7. The van der Waals surface area contributed by atoms with Crippen LogP contribution in [0.25, 0.3) is 10.8 Å². The van der Waals surface area contributed by atoms with Crippen molar-refractivity contribution in [3.63, 3.8) is 0 Å². The number of nitrogens with one attached hydrogen (secondary N) is 15. The van der Waals surface area contributed by atoms with Gasteiger partial charge in [-0.15, -0.1) is 0 Å². The first-order valence-electron chi connectivity index (χ1n) is 45.8. The number of aliphatic carboxylic acids is 3. The summed E-state index contributed by atoms with van der Waals surface area (Å²) in [5, 5.41) is 88.6. The fourth-order valence-corrected chi connectivity index (χ4v) is 15.7. The van der Waals surface area contributed by atoms with Crippen molar-refractivity contribution < 1.29 is 92.3 Å². The van der Waals surface area contributed by atoms with Gasteiger partial charge in [0, 0.05) is 122 Å². The lowest BCUT2D eigenvalue weighted by Gasteiger charge is -2.34. The monoisotopic (exact) mass is 1840 g/mol. The average molecular weight is 1840 g/mol. The van der Waals surface area contributed by atoms with Crippen LogP contribution in [0.3, 0.4) is 0 Å². The molecule has 7 unspecified atom stereocenters. The number of phenols is 1. The second-order valence-electron chi connectivity index (χ2n) is 34.7. The third-order valence-corrected chi connectivity index (χ3v) is 23.0. The fourth-order valence-electron chi connectivity index (χ4n) is 15.7. The number of carboxylic acids is 3. The average Bonchev–Trinajstić information content (AvgIpc) is 0.849. The van der Waals surface area contributed by atoms with E-state index in [2.05, 4.69) is 74.4 Å². The predicted octanol–water partition coefficient (Wildman–Crippen LogP) is -2.21. The summed E-state index contributed by atoms with van der Waals surface area (Å²) in [6.07, 6.45) is 1.85. The Bertz CT molecular complexity index is 4420. The highest BCUT2D eigenvalue weighted by Crippen LogP contribution is 2.20. The van der Waals surface area contributed by atoms with Gasteiger partial charge in [0.05, 0.1) is 39.3 Å². The number of unbranched alkanes of at least 4 members (excludes halogenated alkanes) is 3. The van der Waals surface area contributed by atoms with Gasteiger partial charge in [0.25, 0.3) is 0 Å². The van der Waals surface area contributed by atoms with Crippen molar-refractivity contribution in [2.45, 2.75) is 210 Å². The molecule has 0 bridgehead atoms. The van der Waals surface area contributed by atoms with E-state index >= 15 is 24.0 Å². The van der Waals surface area contributed by atoms with E-state index in [4.69, 9.17) is 16.9 Å². The molecule has 3 saturated heterocycles. The molecule has 0 aliphatic carbocycles. The molecule has 3 aliphatic heterocycles. The molecule has 0 saturated carbocycles. The van der Waals surface area contributed by atoms with Crippen molar-refractivity contribution in [1.29, 1.82) is 5.41 Å². The molecule has 0 aromatic heterocycles. The Hall–Kier alpha value is -12.0. The number of primary amides is 1. The van der Waals surface area contributed by atoms with Crippen LogP contribution in [0.4, 0.5) is 0 Å². The first kappa shape index (κ1) is 107. The van der Waals surface area contributed by atoms with Gasteiger partial charge >= 0.3 is 17.9 Å². The number of carbonyl (C=O) groups is 15. The maximum absolute atomic E-state index is 15.1. The number of aromatic hydroxyl groups is 1. The first-order valence-corrected chi connectivity index (χ1v) is 45.8. The number of likely N-dealkylation sites (tertiary alicyclic amines) is 1. The number of phenolic OH excluding ortho intramolecular Hbond substituents is 1. The van der Waals surface area contributed by atoms with E-state index in [0.29, 0.717) is 87.8 Å². The van der Waals surface area contributed by atoms with Gasteiger partial charge in [-0.2, -0.15) is 0 Å². The van der Waals surface area contributed by atoms with Crippen LogP contribution >= 0.6 is 0 Å². The molecule has 4 aromatic rings. The number of carbonyl (C=O) groups excluding carboxylic acids is 12. The molecule has 0 spiro atoms. The van der Waals surface area contributed by atoms with Crippen LogP contribution in [-0.4, -0.2) is 337 Å². The van der Waals surface area contributed by atoms with Gasteiger partial charge in [-0.1, -0.05) is 113 Å². The molecule has 12 amide bonds. The summed E-state index contributed by atoms with van der Waals surface area (Å²) in [7, 11) is 0. The predicted molar refractivity (Wildman–Crippen MR) is 493 cm³/mol. The lowest BCUT2D eigenvalue weighted by atomic mass is 10.00. The van der Waals surface area contributed by atoms with Gasteiger partial charge in [-0.3, -0.25) is 102 Å². The molecular weight excluding hydrogens is 1710 g/mol. The van der Waals surface area contributed by atoms with Crippen LogP contribution < -0.4 is 85.9 Å². The number of rotatable bonds is 43. The van der Waals surface area contributed by atoms with Crippen molar-refractivity contribution >= 4 is 106 Å². The van der Waals surface area contributed by atoms with Gasteiger partial charge in [0.2, 0.25) is 70.9 Å². The summed E-state index contributed by atoms with van der Waals surface area (Å²) in [4.78, 5) is 219. The number of hydrogen-bond acceptors (Lipinski definition) is 24. The molecule has 41 heteroatoms. The van der Waals surface area contributed by atoms with Crippen LogP contribution in [0, 0.1) is 5.41 Å². The van der Waals surface area contributed by atoms with Gasteiger partial charge in [0.1, 0.15) is 54.1 Å². The summed E-state index contributed by atoms with van der Waals surface area (Å²) in [6, 6.07) is 15.8. The van der Waals surface area contributed by atoms with Gasteiger partial charge in [-0.25, -0.2) is 0 Å². The summed E-state index contributed by atoms with van der Waals surface area (Å²) >= 11 is 0. The van der Waals surface area contributed by atoms with Crippen LogP contribution in [0.1, 0.15) is 141 Å². The largest absolute Gasteiger partial charge is 0.508 e. The lowest BCUT2D eigenvalue weighted by Crippen LogP contribution is -2.60. The number of fused-ring (bicyclic) bond motifs is 1. The smallest absolute Gasteiger partial charge is 0.317 e. The molecule has 41 nitrogen and oxygen atoms in total. The highest BCUT2D eigenvalue weighted by molar-refractivity contribution is 5.99. The van der Waals surface area contributed by atoms with E-state index in [1.54, 1.807) is 51.1 Å². The molecule has 0 radical (unpaired) electrons. The van der Waals surface area contributed by atoms with Crippen molar-refractivity contribution in [2.75, 3.05) is 131 Å². The zero-order valence-electron chi connectivity index (χ0n) is 76.3. The topological polar surface area (TPSA) is 597 Å². The molecular formula is C91H138N22O19. The van der Waals surface area contributed by atoms with Crippen LogP contribution in [0.15, 0.2) is 97.1 Å². The number of nitrogens with zero attached hydrogens (tertiary/aromatic N) is 5. The maximum atomic E-state index is 15.1. The highest BCUT2D eigenvalue weighted by atomic mass is 16.4. The van der Waals surface area contributed by atoms with Gasteiger partial charge < -0.3 is 106 Å². The molecule has 8 atom stereocenters. The van der Waals surface area contributed by atoms with E-state index in [-0.39, 0.29) is 198 Å². The van der Waals surface area contributed by atoms with E-state index in [1.165, 1.54) is 24.3 Å². The van der Waals surface area contributed by atoms with Crippen LogP contribution in [-0.2, 0) is 91.2 Å². The maximum Gasteiger partial charge on any atom is 0.317 e. The Morgan fingerprint density at radius 2 is 0.886 bits per heavy atom. The first-order chi connectivity index (χ1) is 63.1. The molecule has 23 N–H and O–H groups in total. The Balaban J connectivity index is 1.07. The van der Waals surface area contributed by atoms with Crippen molar-refractivity contribution in [3.05, 3.63) is 114 Å². The Morgan fingerprint density at radius 3 is 1.43 bits per heavy atom. The number of hydrogen-bond donors (Lipinski definition) is 21. The second kappa shape index (κ2) is 57.3. The van der Waals surface area contributed by atoms with E-state index in [0.717, 1.165) is 10.8 Å². The summed E-state index contributed by atoms with van der Waals surface area (Å²) in [6.45, 7) is 10.3. The van der Waals surface area contributed by atoms with E-state index in [1.807, 2.05) is 73.9 Å². The number of carboxylic acid groups (broad SMARTS) is 3. The molecule has 4 aromatic carbocycles. The van der Waals surface area contributed by atoms with Crippen LogP contribution in [0.5, 0.6) is 5.75 Å². The molecule has 3 heterocycles. The summed E-state index contributed by atoms with van der Waals surface area (Å²) < 4.78 is 0. The highest BCUT2D eigenvalue weighted by Gasteiger charge is 2.37. The van der Waals surface area contributed by atoms with Gasteiger partial charge in [-0.05, 0) is 143 Å². The number of nitrogens with two attached hydrogens (primary N) is 2. The zero-order chi connectivity index (χ0) is 96.0. The minimum Gasteiger partial charge on any atom is -0.508 e. The van der Waals surface area contributed by atoms with Gasteiger partial charge in [0.15, 0.2) is 5.96 Å². The van der Waals surface area contributed by atoms with Crippen LogP contribution in [0.2, 0.25) is 0 Å². The number of amides is 12. The molecule has 3 aliphatic rings. The summed E-state index contributed by atoms with van der Waals surface area (Å²) in [5.74, 6) is -13.0. The quantitative estimate of drug-likeness (QED) is 0.0127. The lowest BCUT2D eigenvalue weighted by molar-refractivity contribution is -0.140. The minimum atomic E-state index is -1.68. The fraction of sp³-hybridized carbons (Fsp3) is 0.582. The molecule has 726 valence electrons. The van der Waals surface area contributed by atoms with Crippen molar-refractivity contribution in [3.8, 4) is 5.75 Å². The van der Waals surface area contributed by atoms with E-state index in [9.17, 15) is 68.4 Å². The minimum absolute atomic E-state index is 0.00469. The molecule has 132 heavy (non-hydrogen) atoms. The molecule has 7 rings (SSSR count). The van der Waals surface area contributed by atoms with Crippen molar-refractivity contribution in [1.82, 2.24) is 98.9 Å². The Morgan fingerprint density at radius 1 is 0.439 bits per heavy atom. The third kappa shape index (κ3) is 41.6.